The van der Waals surface area contributed by atoms with E-state index in [4.69, 9.17) is 0 Å². The summed E-state index contributed by atoms with van der Waals surface area (Å²) in [5, 5.41) is 3.30. The zero-order valence-corrected chi connectivity index (χ0v) is 12.0. The minimum atomic E-state index is -0.777. The second-order valence-electron chi connectivity index (χ2n) is 4.92. The van der Waals surface area contributed by atoms with E-state index in [0.717, 1.165) is 17.7 Å². The molecule has 0 amide bonds. The van der Waals surface area contributed by atoms with E-state index >= 15 is 0 Å². The first-order valence-corrected chi connectivity index (χ1v) is 6.83. The van der Waals surface area contributed by atoms with Crippen LogP contribution < -0.4 is 5.32 Å². The van der Waals surface area contributed by atoms with Crippen LogP contribution in [0, 0.1) is 18.6 Å². The summed E-state index contributed by atoms with van der Waals surface area (Å²) in [6, 6.07) is 10.9. The van der Waals surface area contributed by atoms with Crippen molar-refractivity contribution in [2.45, 2.75) is 26.8 Å². The smallest absolute Gasteiger partial charge is 0.166 e. The van der Waals surface area contributed by atoms with E-state index < -0.39 is 11.6 Å². The third-order valence-corrected chi connectivity index (χ3v) is 3.50. The predicted molar refractivity (Wildman–Crippen MR) is 78.6 cm³/mol. The summed E-state index contributed by atoms with van der Waals surface area (Å²) in [5.74, 6) is -1.55. The van der Waals surface area contributed by atoms with Crippen molar-refractivity contribution in [2.24, 2.45) is 0 Å². The molecule has 1 atom stereocenters. The van der Waals surface area contributed by atoms with Crippen molar-refractivity contribution in [3.63, 3.8) is 0 Å². The highest BCUT2D eigenvalue weighted by Crippen LogP contribution is 2.31. The van der Waals surface area contributed by atoms with Gasteiger partial charge in [-0.25, -0.2) is 8.78 Å². The van der Waals surface area contributed by atoms with Crippen LogP contribution in [-0.4, -0.2) is 6.54 Å². The van der Waals surface area contributed by atoms with Crippen LogP contribution in [0.5, 0.6) is 0 Å². The third-order valence-electron chi connectivity index (χ3n) is 3.50. The lowest BCUT2D eigenvalue weighted by atomic mass is 9.94. The Kier molecular flexibility index (Phi) is 4.50. The van der Waals surface area contributed by atoms with E-state index in [1.807, 2.05) is 38.1 Å². The van der Waals surface area contributed by atoms with E-state index in [0.29, 0.717) is 11.1 Å². The molecule has 0 saturated carbocycles. The fourth-order valence-electron chi connectivity index (χ4n) is 2.39. The van der Waals surface area contributed by atoms with Crippen LogP contribution in [0.3, 0.4) is 0 Å². The number of aryl methyl sites for hydroxylation is 1. The number of halogens is 2. The van der Waals surface area contributed by atoms with Crippen molar-refractivity contribution in [3.8, 4) is 11.1 Å². The van der Waals surface area contributed by atoms with E-state index in [2.05, 4.69) is 5.32 Å². The minimum absolute atomic E-state index is 0.0833. The largest absolute Gasteiger partial charge is 0.310 e. The quantitative estimate of drug-likeness (QED) is 0.859. The zero-order valence-electron chi connectivity index (χ0n) is 12.0. The molecule has 2 aromatic carbocycles. The summed E-state index contributed by atoms with van der Waals surface area (Å²) in [7, 11) is 0. The Balaban J connectivity index is 2.56. The van der Waals surface area contributed by atoms with Gasteiger partial charge in [0.25, 0.3) is 0 Å². The topological polar surface area (TPSA) is 12.0 Å². The molecule has 1 nitrogen and oxygen atoms in total. The first-order chi connectivity index (χ1) is 9.56. The van der Waals surface area contributed by atoms with Crippen molar-refractivity contribution >= 4 is 0 Å². The SMILES string of the molecule is CCNC(C)c1ccccc1-c1ccc(C)c(F)c1F. The lowest BCUT2D eigenvalue weighted by molar-refractivity contribution is 0.505. The molecule has 0 spiro atoms. The molecule has 0 aliphatic heterocycles. The van der Waals surface area contributed by atoms with Gasteiger partial charge in [-0.05, 0) is 37.1 Å². The van der Waals surface area contributed by atoms with Crippen LogP contribution >= 0.6 is 0 Å². The Labute approximate surface area is 118 Å². The summed E-state index contributed by atoms with van der Waals surface area (Å²) >= 11 is 0. The molecule has 1 N–H and O–H groups in total. The van der Waals surface area contributed by atoms with Gasteiger partial charge in [0.15, 0.2) is 11.6 Å². The molecule has 1 unspecified atom stereocenters. The fourth-order valence-corrected chi connectivity index (χ4v) is 2.39. The van der Waals surface area contributed by atoms with Gasteiger partial charge < -0.3 is 5.32 Å². The van der Waals surface area contributed by atoms with Crippen molar-refractivity contribution in [3.05, 3.63) is 59.2 Å². The van der Waals surface area contributed by atoms with Gasteiger partial charge in [-0.2, -0.15) is 0 Å². The highest BCUT2D eigenvalue weighted by Gasteiger charge is 2.17. The first-order valence-electron chi connectivity index (χ1n) is 6.83. The van der Waals surface area contributed by atoms with Crippen LogP contribution in [0.1, 0.15) is 31.0 Å². The highest BCUT2D eigenvalue weighted by atomic mass is 19.2. The molecule has 0 saturated heterocycles. The normalized spacial score (nSPS) is 12.4. The van der Waals surface area contributed by atoms with Gasteiger partial charge >= 0.3 is 0 Å². The van der Waals surface area contributed by atoms with E-state index in [1.54, 1.807) is 19.1 Å². The molecule has 0 aliphatic carbocycles. The van der Waals surface area contributed by atoms with Crippen LogP contribution in [0.2, 0.25) is 0 Å². The number of hydrogen-bond acceptors (Lipinski definition) is 1. The first kappa shape index (κ1) is 14.7. The van der Waals surface area contributed by atoms with Gasteiger partial charge in [0.2, 0.25) is 0 Å². The molecule has 2 rings (SSSR count). The Bertz CT molecular complexity index is 608. The molecule has 2 aromatic rings. The molecular formula is C17H19F2N. The summed E-state index contributed by atoms with van der Waals surface area (Å²) in [4.78, 5) is 0. The maximum Gasteiger partial charge on any atom is 0.166 e. The molecule has 20 heavy (non-hydrogen) atoms. The molecule has 3 heteroatoms. The molecule has 0 fully saturated rings. The lowest BCUT2D eigenvalue weighted by Gasteiger charge is -2.18. The minimum Gasteiger partial charge on any atom is -0.310 e. The summed E-state index contributed by atoms with van der Waals surface area (Å²) in [5.41, 5.74) is 2.34. The summed E-state index contributed by atoms with van der Waals surface area (Å²) in [6.45, 7) is 6.42. The summed E-state index contributed by atoms with van der Waals surface area (Å²) in [6.07, 6.45) is 0. The monoisotopic (exact) mass is 275 g/mol. The maximum atomic E-state index is 14.2. The Hall–Kier alpha value is -1.74. The Morgan fingerprint density at radius 3 is 2.40 bits per heavy atom. The molecule has 0 radical (unpaired) electrons. The van der Waals surface area contributed by atoms with Gasteiger partial charge in [-0.3, -0.25) is 0 Å². The van der Waals surface area contributed by atoms with Gasteiger partial charge in [-0.1, -0.05) is 43.3 Å². The number of rotatable bonds is 4. The highest BCUT2D eigenvalue weighted by molar-refractivity contribution is 5.69. The average molecular weight is 275 g/mol. The molecule has 0 bridgehead atoms. The molecule has 0 aliphatic rings. The van der Waals surface area contributed by atoms with Crippen LogP contribution in [0.25, 0.3) is 11.1 Å². The third kappa shape index (κ3) is 2.73. The Morgan fingerprint density at radius 1 is 1.00 bits per heavy atom. The van der Waals surface area contributed by atoms with Gasteiger partial charge in [0.05, 0.1) is 0 Å². The second kappa shape index (κ2) is 6.14. The van der Waals surface area contributed by atoms with Crippen molar-refractivity contribution in [1.82, 2.24) is 5.32 Å². The molecular weight excluding hydrogens is 256 g/mol. The number of benzene rings is 2. The van der Waals surface area contributed by atoms with Gasteiger partial charge in [0.1, 0.15) is 0 Å². The number of nitrogens with one attached hydrogen (secondary N) is 1. The fraction of sp³-hybridized carbons (Fsp3) is 0.294. The van der Waals surface area contributed by atoms with Gasteiger partial charge in [0, 0.05) is 11.6 Å². The van der Waals surface area contributed by atoms with Crippen LogP contribution in [0.15, 0.2) is 36.4 Å². The van der Waals surface area contributed by atoms with Gasteiger partial charge in [-0.15, -0.1) is 0 Å². The zero-order chi connectivity index (χ0) is 14.7. The molecule has 0 aromatic heterocycles. The second-order valence-corrected chi connectivity index (χ2v) is 4.92. The lowest BCUT2D eigenvalue weighted by Crippen LogP contribution is -2.18. The average Bonchev–Trinajstić information content (AvgIpc) is 2.45. The maximum absolute atomic E-state index is 14.2. The van der Waals surface area contributed by atoms with E-state index in [9.17, 15) is 8.78 Å². The molecule has 106 valence electrons. The van der Waals surface area contributed by atoms with Crippen molar-refractivity contribution < 1.29 is 8.78 Å². The predicted octanol–water partition coefficient (Wildman–Crippen LogP) is 4.61. The Morgan fingerprint density at radius 2 is 1.70 bits per heavy atom. The molecule has 0 heterocycles. The summed E-state index contributed by atoms with van der Waals surface area (Å²) < 4.78 is 27.9. The van der Waals surface area contributed by atoms with E-state index in [1.165, 1.54) is 0 Å². The standard InChI is InChI=1S/C17H19F2N/c1-4-20-12(3)13-7-5-6-8-14(13)15-10-9-11(2)16(18)17(15)19/h5-10,12,20H,4H2,1-3H3. The van der Waals surface area contributed by atoms with Crippen LogP contribution in [-0.2, 0) is 0 Å². The van der Waals surface area contributed by atoms with Crippen molar-refractivity contribution in [2.75, 3.05) is 6.54 Å². The number of hydrogen-bond donors (Lipinski definition) is 1. The van der Waals surface area contributed by atoms with Crippen molar-refractivity contribution in [1.29, 1.82) is 0 Å². The van der Waals surface area contributed by atoms with E-state index in [-0.39, 0.29) is 6.04 Å². The van der Waals surface area contributed by atoms with Crippen LogP contribution in [0.4, 0.5) is 8.78 Å².